The maximum absolute atomic E-state index is 12.5. The first-order chi connectivity index (χ1) is 14.8. The summed E-state index contributed by atoms with van der Waals surface area (Å²) in [6.45, 7) is 6.68. The van der Waals surface area contributed by atoms with Gasteiger partial charge in [-0.05, 0) is 42.2 Å². The Kier molecular flexibility index (Phi) is 7.92. The number of benzene rings is 2. The van der Waals surface area contributed by atoms with E-state index in [4.69, 9.17) is 4.74 Å². The Balaban J connectivity index is 1.86. The van der Waals surface area contributed by atoms with Crippen molar-refractivity contribution in [3.8, 4) is 0 Å². The third-order valence-corrected chi connectivity index (χ3v) is 6.53. The van der Waals surface area contributed by atoms with Gasteiger partial charge in [0.2, 0.25) is 10.0 Å². The molecule has 0 aliphatic rings. The predicted octanol–water partition coefficient (Wildman–Crippen LogP) is 2.41. The zero-order valence-corrected chi connectivity index (χ0v) is 19.7. The van der Waals surface area contributed by atoms with E-state index in [1.165, 1.54) is 19.2 Å². The third kappa shape index (κ3) is 6.73. The maximum Gasteiger partial charge on any atom is 0.321 e. The normalized spacial score (nSPS) is 11.8. The number of carbonyl (C=O) groups is 3. The van der Waals surface area contributed by atoms with Gasteiger partial charge >= 0.3 is 5.97 Å². The second-order valence-electron chi connectivity index (χ2n) is 8.44. The summed E-state index contributed by atoms with van der Waals surface area (Å²) in [5.41, 5.74) is 2.16. The van der Waals surface area contributed by atoms with Crippen LogP contribution < -0.4 is 5.32 Å². The second-order valence-corrected chi connectivity index (χ2v) is 10.5. The topological polar surface area (TPSA) is 110 Å². The minimum absolute atomic E-state index is 0.0409. The summed E-state index contributed by atoms with van der Waals surface area (Å²) in [6, 6.07) is 13.0. The van der Waals surface area contributed by atoms with Crippen molar-refractivity contribution in [3.63, 3.8) is 0 Å². The van der Waals surface area contributed by atoms with Crippen molar-refractivity contribution in [1.29, 1.82) is 0 Å². The summed E-state index contributed by atoms with van der Waals surface area (Å²) >= 11 is 0. The number of sulfonamides is 1. The fourth-order valence-electron chi connectivity index (χ4n) is 2.71. The molecule has 1 N–H and O–H groups in total. The first-order valence-electron chi connectivity index (χ1n) is 9.94. The van der Waals surface area contributed by atoms with Crippen LogP contribution in [0.15, 0.2) is 53.4 Å². The lowest BCUT2D eigenvalue weighted by molar-refractivity contribution is -0.148. The lowest BCUT2D eigenvalue weighted by atomic mass is 9.87. The number of esters is 1. The van der Waals surface area contributed by atoms with Crippen LogP contribution >= 0.6 is 0 Å². The van der Waals surface area contributed by atoms with E-state index >= 15 is 0 Å². The quantitative estimate of drug-likeness (QED) is 0.636. The molecule has 0 saturated carbocycles. The molecule has 8 nitrogen and oxygen atoms in total. The first-order valence-corrected chi connectivity index (χ1v) is 11.4. The van der Waals surface area contributed by atoms with Gasteiger partial charge in [0.1, 0.15) is 6.54 Å². The molecule has 0 fully saturated rings. The van der Waals surface area contributed by atoms with Crippen LogP contribution in [0.2, 0.25) is 0 Å². The highest BCUT2D eigenvalue weighted by atomic mass is 32.2. The average Bonchev–Trinajstić information content (AvgIpc) is 2.72. The van der Waals surface area contributed by atoms with Crippen molar-refractivity contribution in [1.82, 2.24) is 9.62 Å². The van der Waals surface area contributed by atoms with E-state index in [1.54, 1.807) is 24.3 Å². The van der Waals surface area contributed by atoms with Gasteiger partial charge in [-0.3, -0.25) is 19.7 Å². The molecule has 2 rings (SSSR count). The average molecular weight is 461 g/mol. The number of ether oxygens (including phenoxy) is 1. The van der Waals surface area contributed by atoms with Crippen molar-refractivity contribution in [2.45, 2.75) is 38.0 Å². The number of hydrogen-bond acceptors (Lipinski definition) is 6. The van der Waals surface area contributed by atoms with Crippen LogP contribution in [0.1, 0.15) is 42.3 Å². The molecule has 32 heavy (non-hydrogen) atoms. The van der Waals surface area contributed by atoms with E-state index in [1.807, 2.05) is 39.8 Å². The molecule has 172 valence electrons. The first kappa shape index (κ1) is 25.2. The van der Waals surface area contributed by atoms with Crippen molar-refractivity contribution >= 4 is 27.8 Å². The molecule has 0 unspecified atom stereocenters. The van der Waals surface area contributed by atoms with Crippen LogP contribution in [0.3, 0.4) is 0 Å². The molecule has 9 heteroatoms. The zero-order chi connectivity index (χ0) is 24.1. The van der Waals surface area contributed by atoms with E-state index in [0.717, 1.165) is 15.4 Å². The number of amides is 2. The molecule has 0 saturated heterocycles. The Labute approximate surface area is 188 Å². The number of rotatable bonds is 7. The van der Waals surface area contributed by atoms with Crippen molar-refractivity contribution in [2.75, 3.05) is 20.2 Å². The van der Waals surface area contributed by atoms with Gasteiger partial charge in [0, 0.05) is 12.6 Å². The van der Waals surface area contributed by atoms with Crippen molar-refractivity contribution in [2.24, 2.45) is 0 Å². The molecule has 2 aromatic rings. The molecule has 0 aromatic heterocycles. The minimum Gasteiger partial charge on any atom is -0.455 e. The fraction of sp³-hybridized carbons (Fsp3) is 0.348. The molecule has 0 heterocycles. The largest absolute Gasteiger partial charge is 0.455 e. The number of likely N-dealkylation sites (N-methyl/N-ethyl adjacent to an activating group) is 1. The number of nitrogens with one attached hydrogen (secondary N) is 1. The smallest absolute Gasteiger partial charge is 0.321 e. The molecule has 0 spiro atoms. The van der Waals surface area contributed by atoms with Gasteiger partial charge in [0.15, 0.2) is 6.61 Å². The summed E-state index contributed by atoms with van der Waals surface area (Å²) in [5.74, 6) is -2.35. The summed E-state index contributed by atoms with van der Waals surface area (Å²) in [4.78, 5) is 36.2. The number of hydrogen-bond donors (Lipinski definition) is 1. The van der Waals surface area contributed by atoms with Crippen LogP contribution in [-0.2, 0) is 29.8 Å². The lowest BCUT2D eigenvalue weighted by Crippen LogP contribution is -2.37. The van der Waals surface area contributed by atoms with Crippen LogP contribution in [0.4, 0.5) is 0 Å². The summed E-state index contributed by atoms with van der Waals surface area (Å²) in [7, 11) is -2.64. The molecule has 2 amide bonds. The molecular weight excluding hydrogens is 432 g/mol. The monoisotopic (exact) mass is 460 g/mol. The van der Waals surface area contributed by atoms with Crippen molar-refractivity contribution in [3.05, 3.63) is 65.2 Å². The van der Waals surface area contributed by atoms with E-state index in [-0.39, 0.29) is 10.3 Å². The molecular formula is C23H28N2O6S. The molecule has 0 aliphatic carbocycles. The van der Waals surface area contributed by atoms with Gasteiger partial charge in [-0.1, -0.05) is 50.6 Å². The minimum atomic E-state index is -3.88. The van der Waals surface area contributed by atoms with E-state index in [2.05, 4.69) is 5.32 Å². The van der Waals surface area contributed by atoms with Gasteiger partial charge < -0.3 is 4.74 Å². The highest BCUT2D eigenvalue weighted by Crippen LogP contribution is 2.22. The van der Waals surface area contributed by atoms with Gasteiger partial charge in [0.25, 0.3) is 11.8 Å². The number of nitrogens with zero attached hydrogens (tertiary/aromatic N) is 1. The number of aryl methyl sites for hydroxylation is 1. The third-order valence-electron chi connectivity index (χ3n) is 4.71. The molecule has 2 aromatic carbocycles. The van der Waals surface area contributed by atoms with Gasteiger partial charge in [-0.2, -0.15) is 4.31 Å². The lowest BCUT2D eigenvalue weighted by Gasteiger charge is -2.19. The van der Waals surface area contributed by atoms with Gasteiger partial charge in [-0.25, -0.2) is 8.42 Å². The van der Waals surface area contributed by atoms with E-state index in [0.29, 0.717) is 5.56 Å². The predicted molar refractivity (Wildman–Crippen MR) is 120 cm³/mol. The molecule has 0 radical (unpaired) electrons. The zero-order valence-electron chi connectivity index (χ0n) is 18.8. The summed E-state index contributed by atoms with van der Waals surface area (Å²) in [6.07, 6.45) is 0. The molecule has 0 bridgehead atoms. The summed E-state index contributed by atoms with van der Waals surface area (Å²) < 4.78 is 30.6. The van der Waals surface area contributed by atoms with Gasteiger partial charge in [-0.15, -0.1) is 0 Å². The maximum atomic E-state index is 12.5. The van der Waals surface area contributed by atoms with Crippen LogP contribution in [0, 0.1) is 6.92 Å². The highest BCUT2D eigenvalue weighted by Gasteiger charge is 2.24. The van der Waals surface area contributed by atoms with Crippen molar-refractivity contribution < 1.29 is 27.5 Å². The SMILES string of the molecule is Cc1ccc(S(=O)(=O)N(C)CC(=O)OCC(=O)NC(=O)c2ccc(C(C)(C)C)cc2)cc1. The number of carbonyl (C=O) groups excluding carboxylic acids is 3. The Bertz CT molecular complexity index is 1080. The van der Waals surface area contributed by atoms with Gasteiger partial charge in [0.05, 0.1) is 4.90 Å². The fourth-order valence-corrected chi connectivity index (χ4v) is 3.82. The van der Waals surface area contributed by atoms with Crippen LogP contribution in [0.25, 0.3) is 0 Å². The second kappa shape index (κ2) is 10.1. The summed E-state index contributed by atoms with van der Waals surface area (Å²) in [5, 5.41) is 2.14. The van der Waals surface area contributed by atoms with Crippen LogP contribution in [0.5, 0.6) is 0 Å². The Hall–Kier alpha value is -3.04. The Morgan fingerprint density at radius 1 is 0.969 bits per heavy atom. The Morgan fingerprint density at radius 3 is 2.06 bits per heavy atom. The number of imide groups is 1. The highest BCUT2D eigenvalue weighted by molar-refractivity contribution is 7.89. The standard InChI is InChI=1S/C23H28N2O6S/c1-16-6-12-19(13-7-16)32(29,30)25(5)14-21(27)31-15-20(26)24-22(28)17-8-10-18(11-9-17)23(2,3)4/h6-13H,14-15H2,1-5H3,(H,24,26,28). The van der Waals surface area contributed by atoms with E-state index in [9.17, 15) is 22.8 Å². The molecule has 0 aliphatic heterocycles. The molecule has 0 atom stereocenters. The van der Waals surface area contributed by atoms with Crippen LogP contribution in [-0.4, -0.2) is 50.7 Å². The Morgan fingerprint density at radius 2 is 1.53 bits per heavy atom. The van der Waals surface area contributed by atoms with E-state index < -0.39 is 41.0 Å².